The average Bonchev–Trinajstić information content (AvgIpc) is 2.62. The lowest BCUT2D eigenvalue weighted by Gasteiger charge is -2.29. The van der Waals surface area contributed by atoms with Crippen LogP contribution in [0.15, 0.2) is 58.9 Å². The van der Waals surface area contributed by atoms with Crippen molar-refractivity contribution in [3.8, 4) is 0 Å². The lowest BCUT2D eigenvalue weighted by Crippen LogP contribution is -2.33. The summed E-state index contributed by atoms with van der Waals surface area (Å²) in [5.41, 5.74) is 3.42. The lowest BCUT2D eigenvalue weighted by molar-refractivity contribution is -0.140. The molecule has 27 heavy (non-hydrogen) atoms. The van der Waals surface area contributed by atoms with E-state index >= 15 is 0 Å². The number of ether oxygens (including phenoxy) is 2. The number of hydrogen-bond acceptors (Lipinski definition) is 5. The third-order valence-corrected chi connectivity index (χ3v) is 4.35. The number of carbonyl (C=O) groups excluding carboxylic acids is 2. The second-order valence-electron chi connectivity index (χ2n) is 6.24. The topological polar surface area (TPSA) is 64.6 Å². The van der Waals surface area contributed by atoms with E-state index in [2.05, 4.69) is 5.32 Å². The minimum absolute atomic E-state index is 0.277. The van der Waals surface area contributed by atoms with E-state index in [9.17, 15) is 9.59 Å². The predicted molar refractivity (Wildman–Crippen MR) is 105 cm³/mol. The largest absolute Gasteiger partial charge is 0.463 e. The molecule has 0 saturated carbocycles. The van der Waals surface area contributed by atoms with Gasteiger partial charge in [-0.2, -0.15) is 0 Å². The second-order valence-corrected chi connectivity index (χ2v) is 6.24. The van der Waals surface area contributed by atoms with Crippen LogP contribution in [0.2, 0.25) is 0 Å². The predicted octanol–water partition coefficient (Wildman–Crippen LogP) is 3.98. The zero-order valence-electron chi connectivity index (χ0n) is 16.4. The molecule has 5 nitrogen and oxygen atoms in total. The highest BCUT2D eigenvalue weighted by Gasteiger charge is 2.35. The van der Waals surface area contributed by atoms with Crippen LogP contribution in [0.4, 0.5) is 0 Å². The molecule has 144 valence electrons. The third-order valence-electron chi connectivity index (χ3n) is 4.35. The van der Waals surface area contributed by atoms with E-state index in [4.69, 9.17) is 9.47 Å². The molecule has 1 aromatic carbocycles. The molecule has 1 aliphatic heterocycles. The van der Waals surface area contributed by atoms with Gasteiger partial charge in [-0.25, -0.2) is 9.59 Å². The molecule has 0 saturated heterocycles. The first-order chi connectivity index (χ1) is 13.0. The van der Waals surface area contributed by atoms with Gasteiger partial charge in [-0.15, -0.1) is 0 Å². The van der Waals surface area contributed by atoms with Crippen molar-refractivity contribution in [2.75, 3.05) is 13.2 Å². The van der Waals surface area contributed by atoms with Crippen molar-refractivity contribution >= 4 is 18.0 Å². The van der Waals surface area contributed by atoms with Gasteiger partial charge >= 0.3 is 11.9 Å². The monoisotopic (exact) mass is 369 g/mol. The number of nitrogens with one attached hydrogen (secondary N) is 1. The minimum Gasteiger partial charge on any atom is -0.463 e. The molecule has 2 rings (SSSR count). The zero-order chi connectivity index (χ0) is 19.8. The van der Waals surface area contributed by atoms with Gasteiger partial charge < -0.3 is 14.8 Å². The molecule has 0 aliphatic carbocycles. The summed E-state index contributed by atoms with van der Waals surface area (Å²) >= 11 is 0. The van der Waals surface area contributed by atoms with Crippen molar-refractivity contribution in [3.63, 3.8) is 0 Å². The highest BCUT2D eigenvalue weighted by Crippen LogP contribution is 2.34. The maximum absolute atomic E-state index is 12.6. The van der Waals surface area contributed by atoms with E-state index in [1.54, 1.807) is 13.8 Å². The smallest absolute Gasteiger partial charge is 0.336 e. The summed E-state index contributed by atoms with van der Waals surface area (Å²) in [5, 5.41) is 3.13. The Labute approximate surface area is 160 Å². The summed E-state index contributed by atoms with van der Waals surface area (Å²) in [5.74, 6) is -1.23. The highest BCUT2D eigenvalue weighted by molar-refractivity contribution is 5.97. The van der Waals surface area contributed by atoms with E-state index in [0.717, 1.165) is 5.56 Å². The van der Waals surface area contributed by atoms with Crippen LogP contribution in [0.25, 0.3) is 6.08 Å². The van der Waals surface area contributed by atoms with Gasteiger partial charge in [0.1, 0.15) is 0 Å². The summed E-state index contributed by atoms with van der Waals surface area (Å²) < 4.78 is 10.5. The van der Waals surface area contributed by atoms with Crippen LogP contribution < -0.4 is 5.32 Å². The molecule has 5 heteroatoms. The van der Waals surface area contributed by atoms with E-state index in [-0.39, 0.29) is 13.2 Å². The number of rotatable bonds is 7. The molecule has 0 spiro atoms. The molecule has 1 N–H and O–H groups in total. The quantitative estimate of drug-likeness (QED) is 0.737. The molecule has 0 fully saturated rings. The number of carbonyl (C=O) groups is 2. The maximum Gasteiger partial charge on any atom is 0.336 e. The number of allylic oxidation sites excluding steroid dienone is 3. The Balaban J connectivity index is 2.37. The third kappa shape index (κ3) is 5.09. The summed E-state index contributed by atoms with van der Waals surface area (Å²) in [7, 11) is 0. The molecule has 1 aliphatic rings. The molecule has 0 aromatic heterocycles. The van der Waals surface area contributed by atoms with Gasteiger partial charge in [0.2, 0.25) is 0 Å². The Kier molecular flexibility index (Phi) is 7.41. The second kappa shape index (κ2) is 9.76. The summed E-state index contributed by atoms with van der Waals surface area (Å²) in [4.78, 5) is 25.1. The van der Waals surface area contributed by atoms with E-state index in [0.29, 0.717) is 29.0 Å². The van der Waals surface area contributed by atoms with E-state index in [1.165, 1.54) is 0 Å². The van der Waals surface area contributed by atoms with E-state index < -0.39 is 17.9 Å². The Morgan fingerprint density at radius 2 is 1.48 bits per heavy atom. The fourth-order valence-corrected chi connectivity index (χ4v) is 3.23. The Morgan fingerprint density at radius 3 is 1.96 bits per heavy atom. The van der Waals surface area contributed by atoms with Crippen molar-refractivity contribution in [3.05, 3.63) is 64.5 Å². The van der Waals surface area contributed by atoms with Gasteiger partial charge in [0.05, 0.1) is 24.4 Å². The number of esters is 2. The first-order valence-corrected chi connectivity index (χ1v) is 9.23. The van der Waals surface area contributed by atoms with Crippen LogP contribution >= 0.6 is 0 Å². The zero-order valence-corrected chi connectivity index (χ0v) is 16.4. The van der Waals surface area contributed by atoms with Crippen molar-refractivity contribution < 1.29 is 19.1 Å². The molecular formula is C22H27NO4. The van der Waals surface area contributed by atoms with Crippen LogP contribution in [0.5, 0.6) is 0 Å². The molecular weight excluding hydrogens is 342 g/mol. The van der Waals surface area contributed by atoms with Gasteiger partial charge in [0.25, 0.3) is 0 Å². The summed E-state index contributed by atoms with van der Waals surface area (Å²) in [6.45, 7) is 7.74. The van der Waals surface area contributed by atoms with Gasteiger partial charge in [-0.3, -0.25) is 0 Å². The molecule has 1 heterocycles. The van der Waals surface area contributed by atoms with Crippen molar-refractivity contribution in [2.24, 2.45) is 5.92 Å². The maximum atomic E-state index is 12.6. The van der Waals surface area contributed by atoms with Crippen molar-refractivity contribution in [1.82, 2.24) is 5.32 Å². The number of dihydropyridines is 1. The summed E-state index contributed by atoms with van der Waals surface area (Å²) in [6, 6.07) is 9.89. The fraction of sp³-hybridized carbons (Fsp3) is 0.364. The van der Waals surface area contributed by atoms with Gasteiger partial charge in [0, 0.05) is 17.3 Å². The van der Waals surface area contributed by atoms with Crippen LogP contribution in [0.1, 0.15) is 39.7 Å². The molecule has 0 amide bonds. The van der Waals surface area contributed by atoms with Crippen molar-refractivity contribution in [2.45, 2.75) is 34.1 Å². The number of hydrogen-bond donors (Lipinski definition) is 1. The van der Waals surface area contributed by atoms with Crippen LogP contribution in [0.3, 0.4) is 0 Å². The Bertz CT molecular complexity index is 735. The van der Waals surface area contributed by atoms with Crippen LogP contribution in [0, 0.1) is 5.92 Å². The fourth-order valence-electron chi connectivity index (χ4n) is 3.23. The van der Waals surface area contributed by atoms with E-state index in [1.807, 2.05) is 56.3 Å². The van der Waals surface area contributed by atoms with Crippen LogP contribution in [-0.4, -0.2) is 25.2 Å². The first kappa shape index (κ1) is 20.5. The van der Waals surface area contributed by atoms with Crippen molar-refractivity contribution in [1.29, 1.82) is 0 Å². The average molecular weight is 369 g/mol. The highest BCUT2D eigenvalue weighted by atomic mass is 16.5. The Morgan fingerprint density at radius 1 is 0.963 bits per heavy atom. The summed E-state index contributed by atoms with van der Waals surface area (Å²) in [6.07, 6.45) is 4.45. The molecule has 0 radical (unpaired) electrons. The minimum atomic E-state index is -0.413. The molecule has 0 unspecified atom stereocenters. The Hall–Kier alpha value is -2.82. The molecule has 0 bridgehead atoms. The van der Waals surface area contributed by atoms with Gasteiger partial charge in [0.15, 0.2) is 0 Å². The molecule has 0 atom stereocenters. The first-order valence-electron chi connectivity index (χ1n) is 9.23. The number of benzene rings is 1. The van der Waals surface area contributed by atoms with Gasteiger partial charge in [-0.05, 0) is 39.7 Å². The van der Waals surface area contributed by atoms with Crippen LogP contribution in [-0.2, 0) is 19.1 Å². The lowest BCUT2D eigenvalue weighted by atomic mass is 9.83. The molecule has 1 aromatic rings. The van der Waals surface area contributed by atoms with Gasteiger partial charge in [-0.1, -0.05) is 42.5 Å². The normalized spacial score (nSPS) is 15.1. The standard InChI is InChI=1S/C22H27NO4/c1-5-26-21(24)19-15(3)23-16(4)20(22(25)27-6-2)18(19)14-10-13-17-11-8-7-9-12-17/h7-13,18,23H,5-6,14H2,1-4H3/b13-10+. The SMILES string of the molecule is CCOC(=O)C1=C(C)NC(C)=C(C(=O)OCC)C1C/C=C/c1ccccc1.